The molecule has 2 aliphatic carbocycles. The summed E-state index contributed by atoms with van der Waals surface area (Å²) < 4.78 is 0. The van der Waals surface area contributed by atoms with E-state index in [0.717, 1.165) is 19.3 Å². The minimum Gasteiger partial charge on any atom is -0.327 e. The summed E-state index contributed by atoms with van der Waals surface area (Å²) in [7, 11) is 0. The fourth-order valence-corrected chi connectivity index (χ4v) is 3.87. The lowest BCUT2D eigenvalue weighted by Gasteiger charge is -2.26. The molecule has 2 fully saturated rings. The number of carbonyl (C=O) groups is 1. The minimum atomic E-state index is -0.568. The largest absolute Gasteiger partial charge is 0.327 e. The lowest BCUT2D eigenvalue weighted by Crippen LogP contribution is -2.42. The second-order valence-corrected chi connectivity index (χ2v) is 6.26. The molecule has 6 nitrogen and oxygen atoms in total. The summed E-state index contributed by atoms with van der Waals surface area (Å²) in [4.78, 5) is 22.7. The third-order valence-corrected chi connectivity index (χ3v) is 5.01. The predicted molar refractivity (Wildman–Crippen MR) is 79.0 cm³/mol. The second kappa shape index (κ2) is 5.27. The van der Waals surface area contributed by atoms with Gasteiger partial charge >= 0.3 is 0 Å². The van der Waals surface area contributed by atoms with Crippen molar-refractivity contribution in [2.45, 2.75) is 25.3 Å². The fraction of sp³-hybridized carbons (Fsp3) is 0.500. The number of hydrogen-bond donors (Lipinski definition) is 2. The van der Waals surface area contributed by atoms with Crippen LogP contribution in [0.5, 0.6) is 0 Å². The van der Waals surface area contributed by atoms with E-state index in [1.807, 2.05) is 0 Å². The summed E-state index contributed by atoms with van der Waals surface area (Å²) in [5.74, 6) is 0.433. The number of benzene rings is 1. The Labute approximate surface area is 126 Å². The van der Waals surface area contributed by atoms with Crippen LogP contribution in [0.1, 0.15) is 19.3 Å². The van der Waals surface area contributed by atoms with Crippen LogP contribution in [0.15, 0.2) is 18.2 Å². The van der Waals surface area contributed by atoms with Crippen LogP contribution in [-0.2, 0) is 4.79 Å². The average molecular weight is 310 g/mol. The van der Waals surface area contributed by atoms with Gasteiger partial charge in [-0.2, -0.15) is 0 Å². The molecule has 0 saturated heterocycles. The zero-order valence-electron chi connectivity index (χ0n) is 11.3. The van der Waals surface area contributed by atoms with Crippen molar-refractivity contribution in [3.63, 3.8) is 0 Å². The Hall–Kier alpha value is -1.66. The molecule has 1 aromatic carbocycles. The molecule has 1 aromatic rings. The Morgan fingerprint density at radius 3 is 2.71 bits per heavy atom. The first kappa shape index (κ1) is 14.3. The van der Waals surface area contributed by atoms with Crippen molar-refractivity contribution >= 4 is 28.9 Å². The van der Waals surface area contributed by atoms with E-state index in [1.165, 1.54) is 12.1 Å². The highest BCUT2D eigenvalue weighted by Crippen LogP contribution is 2.48. The third kappa shape index (κ3) is 2.49. The van der Waals surface area contributed by atoms with Crippen molar-refractivity contribution in [1.82, 2.24) is 0 Å². The van der Waals surface area contributed by atoms with Crippen LogP contribution >= 0.6 is 11.6 Å². The number of nitrogens with zero attached hydrogens (tertiary/aromatic N) is 1. The van der Waals surface area contributed by atoms with Gasteiger partial charge in [-0.25, -0.2) is 0 Å². The molecule has 112 valence electrons. The van der Waals surface area contributed by atoms with Crippen molar-refractivity contribution in [3.8, 4) is 0 Å². The molecule has 0 spiro atoms. The van der Waals surface area contributed by atoms with E-state index in [9.17, 15) is 14.9 Å². The molecule has 3 rings (SSSR count). The quantitative estimate of drug-likeness (QED) is 0.662. The molecular weight excluding hydrogens is 294 g/mol. The van der Waals surface area contributed by atoms with Crippen molar-refractivity contribution in [2.75, 3.05) is 5.32 Å². The van der Waals surface area contributed by atoms with E-state index in [1.54, 1.807) is 6.07 Å². The molecule has 7 heteroatoms. The first-order valence-corrected chi connectivity index (χ1v) is 7.35. The molecule has 2 saturated carbocycles. The molecule has 0 radical (unpaired) electrons. The summed E-state index contributed by atoms with van der Waals surface area (Å²) >= 11 is 5.76. The van der Waals surface area contributed by atoms with Gasteiger partial charge in [-0.3, -0.25) is 14.9 Å². The molecule has 21 heavy (non-hydrogen) atoms. The van der Waals surface area contributed by atoms with Gasteiger partial charge in [-0.05, 0) is 43.2 Å². The SMILES string of the molecule is NC1C2CCC(C2)C1C(=O)Nc1ccc(Cl)c([N+](=O)[O-])c1. The van der Waals surface area contributed by atoms with Crippen LogP contribution in [0.2, 0.25) is 5.02 Å². The van der Waals surface area contributed by atoms with Crippen LogP contribution in [-0.4, -0.2) is 16.9 Å². The molecule has 4 unspecified atom stereocenters. The van der Waals surface area contributed by atoms with Gasteiger partial charge in [-0.1, -0.05) is 11.6 Å². The van der Waals surface area contributed by atoms with Gasteiger partial charge < -0.3 is 11.1 Å². The summed E-state index contributed by atoms with van der Waals surface area (Å²) in [5.41, 5.74) is 6.30. The summed E-state index contributed by atoms with van der Waals surface area (Å²) in [6.07, 6.45) is 3.15. The van der Waals surface area contributed by atoms with E-state index in [-0.39, 0.29) is 28.6 Å². The number of nitrogens with one attached hydrogen (secondary N) is 1. The molecule has 2 aliphatic rings. The zero-order valence-corrected chi connectivity index (χ0v) is 12.0. The Morgan fingerprint density at radius 1 is 1.38 bits per heavy atom. The lowest BCUT2D eigenvalue weighted by molar-refractivity contribution is -0.384. The third-order valence-electron chi connectivity index (χ3n) is 4.69. The van der Waals surface area contributed by atoms with E-state index in [0.29, 0.717) is 17.5 Å². The number of nitro benzene ring substituents is 1. The monoisotopic (exact) mass is 309 g/mol. The number of fused-ring (bicyclic) bond motifs is 2. The number of rotatable bonds is 3. The molecular formula is C14H16ClN3O3. The minimum absolute atomic E-state index is 0.0506. The molecule has 3 N–H and O–H groups in total. The highest BCUT2D eigenvalue weighted by Gasteiger charge is 2.49. The van der Waals surface area contributed by atoms with Crippen LogP contribution in [0.4, 0.5) is 11.4 Å². The second-order valence-electron chi connectivity index (χ2n) is 5.85. The van der Waals surface area contributed by atoms with Crippen LogP contribution < -0.4 is 11.1 Å². The molecule has 0 aromatic heterocycles. The molecule has 1 amide bonds. The topological polar surface area (TPSA) is 98.3 Å². The van der Waals surface area contributed by atoms with E-state index >= 15 is 0 Å². The smallest absolute Gasteiger partial charge is 0.289 e. The van der Waals surface area contributed by atoms with E-state index < -0.39 is 4.92 Å². The fourth-order valence-electron chi connectivity index (χ4n) is 3.68. The van der Waals surface area contributed by atoms with Gasteiger partial charge in [0.2, 0.25) is 5.91 Å². The van der Waals surface area contributed by atoms with Gasteiger partial charge in [0.25, 0.3) is 5.69 Å². The number of nitrogens with two attached hydrogens (primary N) is 1. The standard InChI is InChI=1S/C14H16ClN3O3/c15-10-4-3-9(6-11(10)18(20)21)17-14(19)12-7-1-2-8(5-7)13(12)16/h3-4,6-8,12-13H,1-2,5,16H2,(H,17,19). The average Bonchev–Trinajstić information content (AvgIpc) is 3.01. The molecule has 4 atom stereocenters. The van der Waals surface area contributed by atoms with Crippen LogP contribution in [0.3, 0.4) is 0 Å². The van der Waals surface area contributed by atoms with Gasteiger partial charge in [-0.15, -0.1) is 0 Å². The molecule has 2 bridgehead atoms. The van der Waals surface area contributed by atoms with Gasteiger partial charge in [0.05, 0.1) is 10.8 Å². The van der Waals surface area contributed by atoms with Gasteiger partial charge in [0, 0.05) is 17.8 Å². The predicted octanol–water partition coefficient (Wildman–Crippen LogP) is 2.56. The van der Waals surface area contributed by atoms with E-state index in [4.69, 9.17) is 17.3 Å². The van der Waals surface area contributed by atoms with Crippen molar-refractivity contribution in [3.05, 3.63) is 33.3 Å². The maximum atomic E-state index is 12.4. The number of nitro groups is 1. The highest BCUT2D eigenvalue weighted by molar-refractivity contribution is 6.32. The van der Waals surface area contributed by atoms with Gasteiger partial charge in [0.15, 0.2) is 0 Å². The number of anilines is 1. The Balaban J connectivity index is 1.76. The van der Waals surface area contributed by atoms with E-state index in [2.05, 4.69) is 5.32 Å². The number of halogens is 1. The highest BCUT2D eigenvalue weighted by atomic mass is 35.5. The Morgan fingerprint density at radius 2 is 2.10 bits per heavy atom. The van der Waals surface area contributed by atoms with Crippen LogP contribution in [0.25, 0.3) is 0 Å². The zero-order chi connectivity index (χ0) is 15.1. The van der Waals surface area contributed by atoms with Crippen molar-refractivity contribution in [2.24, 2.45) is 23.5 Å². The Kier molecular flexibility index (Phi) is 3.59. The normalized spacial score (nSPS) is 30.4. The number of hydrogen-bond acceptors (Lipinski definition) is 4. The maximum Gasteiger partial charge on any atom is 0.289 e. The first-order valence-electron chi connectivity index (χ1n) is 6.97. The lowest BCUT2D eigenvalue weighted by atomic mass is 9.84. The Bertz CT molecular complexity index is 605. The molecule has 0 heterocycles. The van der Waals surface area contributed by atoms with Crippen LogP contribution in [0, 0.1) is 27.9 Å². The summed E-state index contributed by atoms with van der Waals surface area (Å²) in [6.45, 7) is 0. The molecule has 0 aliphatic heterocycles. The van der Waals surface area contributed by atoms with Gasteiger partial charge in [0.1, 0.15) is 5.02 Å². The van der Waals surface area contributed by atoms with Crippen molar-refractivity contribution < 1.29 is 9.72 Å². The summed E-state index contributed by atoms with van der Waals surface area (Å²) in [6, 6.07) is 4.15. The maximum absolute atomic E-state index is 12.4. The number of carbonyl (C=O) groups excluding carboxylic acids is 1. The van der Waals surface area contributed by atoms with Crippen molar-refractivity contribution in [1.29, 1.82) is 0 Å². The first-order chi connectivity index (χ1) is 9.97. The summed E-state index contributed by atoms with van der Waals surface area (Å²) in [5, 5.41) is 13.7. The number of amides is 1.